The Morgan fingerprint density at radius 1 is 1.19 bits per heavy atom. The molecule has 0 atom stereocenters. The Hall–Kier alpha value is -1.25. The monoisotopic (exact) mass is 219 g/mol. The number of nitrogens with two attached hydrogens (primary N) is 1. The van der Waals surface area contributed by atoms with Crippen LogP contribution in [0.25, 0.3) is 0 Å². The summed E-state index contributed by atoms with van der Waals surface area (Å²) in [4.78, 5) is 6.50. The molecule has 0 saturated heterocycles. The predicted octanol–water partition coefficient (Wildman–Crippen LogP) is 2.82. The number of aromatic nitrogens is 1. The standard InChI is InChI=1S/C13H21N3/c1-16(12-6-4-2-3-5-7-12)13-8-11(14)9-15-10-13/h8-10,12H,2-7,14H2,1H3. The number of nitrogen functional groups attached to an aromatic ring is 1. The first-order valence-electron chi connectivity index (χ1n) is 6.21. The van der Waals surface area contributed by atoms with Crippen molar-refractivity contribution in [1.29, 1.82) is 0 Å². The van der Waals surface area contributed by atoms with Crippen LogP contribution in [0.1, 0.15) is 38.5 Å². The zero-order valence-electron chi connectivity index (χ0n) is 10.0. The lowest BCUT2D eigenvalue weighted by atomic mass is 10.1. The first-order chi connectivity index (χ1) is 7.77. The van der Waals surface area contributed by atoms with Crippen molar-refractivity contribution in [2.45, 2.75) is 44.6 Å². The van der Waals surface area contributed by atoms with Crippen LogP contribution in [0.2, 0.25) is 0 Å². The van der Waals surface area contributed by atoms with Gasteiger partial charge in [0.25, 0.3) is 0 Å². The van der Waals surface area contributed by atoms with Crippen molar-refractivity contribution in [2.75, 3.05) is 17.7 Å². The average Bonchev–Trinajstić information content (AvgIpc) is 2.56. The molecule has 1 fully saturated rings. The van der Waals surface area contributed by atoms with E-state index < -0.39 is 0 Å². The van der Waals surface area contributed by atoms with Gasteiger partial charge in [0, 0.05) is 19.3 Å². The normalized spacial score (nSPS) is 18.1. The first-order valence-corrected chi connectivity index (χ1v) is 6.21. The largest absolute Gasteiger partial charge is 0.397 e. The number of nitrogens with zero attached hydrogens (tertiary/aromatic N) is 2. The van der Waals surface area contributed by atoms with Crippen molar-refractivity contribution in [2.24, 2.45) is 0 Å². The van der Waals surface area contributed by atoms with E-state index in [9.17, 15) is 0 Å². The Balaban J connectivity index is 2.07. The fourth-order valence-electron chi connectivity index (χ4n) is 2.49. The maximum atomic E-state index is 5.77. The predicted molar refractivity (Wildman–Crippen MR) is 68.5 cm³/mol. The summed E-state index contributed by atoms with van der Waals surface area (Å²) in [6.45, 7) is 0. The molecule has 0 bridgehead atoms. The van der Waals surface area contributed by atoms with Crippen LogP contribution in [0.3, 0.4) is 0 Å². The third-order valence-corrected chi connectivity index (χ3v) is 3.52. The average molecular weight is 219 g/mol. The van der Waals surface area contributed by atoms with Crippen molar-refractivity contribution in [3.05, 3.63) is 18.5 Å². The molecule has 0 amide bonds. The highest BCUT2D eigenvalue weighted by Gasteiger charge is 2.17. The number of rotatable bonds is 2. The molecule has 1 aromatic rings. The van der Waals surface area contributed by atoms with Gasteiger partial charge >= 0.3 is 0 Å². The molecule has 1 aliphatic carbocycles. The molecule has 1 aromatic heterocycles. The van der Waals surface area contributed by atoms with Crippen LogP contribution < -0.4 is 10.6 Å². The highest BCUT2D eigenvalue weighted by atomic mass is 15.1. The second-order valence-electron chi connectivity index (χ2n) is 4.73. The summed E-state index contributed by atoms with van der Waals surface area (Å²) in [5, 5.41) is 0. The molecule has 1 saturated carbocycles. The summed E-state index contributed by atoms with van der Waals surface area (Å²) in [6.07, 6.45) is 11.7. The lowest BCUT2D eigenvalue weighted by Gasteiger charge is -2.29. The van der Waals surface area contributed by atoms with Crippen LogP contribution in [0.4, 0.5) is 11.4 Å². The van der Waals surface area contributed by atoms with Gasteiger partial charge in [-0.3, -0.25) is 4.98 Å². The Morgan fingerprint density at radius 3 is 2.50 bits per heavy atom. The quantitative estimate of drug-likeness (QED) is 0.778. The zero-order valence-corrected chi connectivity index (χ0v) is 10.0. The molecule has 1 aliphatic rings. The van der Waals surface area contributed by atoms with Gasteiger partial charge < -0.3 is 10.6 Å². The SMILES string of the molecule is CN(c1cncc(N)c1)C1CCCCCC1. The third kappa shape index (κ3) is 2.65. The van der Waals surface area contributed by atoms with E-state index in [-0.39, 0.29) is 0 Å². The highest BCUT2D eigenvalue weighted by molar-refractivity contribution is 5.53. The van der Waals surface area contributed by atoms with Gasteiger partial charge in [-0.1, -0.05) is 25.7 Å². The summed E-state index contributed by atoms with van der Waals surface area (Å²) >= 11 is 0. The molecule has 3 nitrogen and oxygen atoms in total. The molecule has 0 unspecified atom stereocenters. The van der Waals surface area contributed by atoms with Crippen LogP contribution in [0, 0.1) is 0 Å². The molecule has 1 heterocycles. The van der Waals surface area contributed by atoms with Gasteiger partial charge in [0.1, 0.15) is 0 Å². The molecule has 2 rings (SSSR count). The second-order valence-corrected chi connectivity index (χ2v) is 4.73. The van der Waals surface area contributed by atoms with Gasteiger partial charge in [-0.25, -0.2) is 0 Å². The van der Waals surface area contributed by atoms with E-state index in [1.165, 1.54) is 38.5 Å². The molecular weight excluding hydrogens is 198 g/mol. The van der Waals surface area contributed by atoms with E-state index in [1.807, 2.05) is 12.3 Å². The molecule has 16 heavy (non-hydrogen) atoms. The zero-order chi connectivity index (χ0) is 11.4. The van der Waals surface area contributed by atoms with Crippen LogP contribution in [-0.4, -0.2) is 18.1 Å². The van der Waals surface area contributed by atoms with E-state index in [0.29, 0.717) is 6.04 Å². The van der Waals surface area contributed by atoms with Gasteiger partial charge in [0.05, 0.1) is 17.6 Å². The molecule has 0 spiro atoms. The van der Waals surface area contributed by atoms with Gasteiger partial charge in [-0.2, -0.15) is 0 Å². The molecule has 0 aromatic carbocycles. The van der Waals surface area contributed by atoms with Crippen molar-refractivity contribution in [3.8, 4) is 0 Å². The Bertz CT molecular complexity index is 330. The number of pyridine rings is 1. The van der Waals surface area contributed by atoms with Gasteiger partial charge in [0.2, 0.25) is 0 Å². The molecule has 88 valence electrons. The second kappa shape index (κ2) is 5.19. The maximum Gasteiger partial charge on any atom is 0.0573 e. The molecule has 2 N–H and O–H groups in total. The molecular formula is C13H21N3. The number of anilines is 2. The fourth-order valence-corrected chi connectivity index (χ4v) is 2.49. The van der Waals surface area contributed by atoms with Crippen LogP contribution in [0.5, 0.6) is 0 Å². The van der Waals surface area contributed by atoms with Crippen molar-refractivity contribution in [3.63, 3.8) is 0 Å². The molecule has 3 heteroatoms. The summed E-state index contributed by atoms with van der Waals surface area (Å²) in [5.74, 6) is 0. The van der Waals surface area contributed by atoms with Crippen LogP contribution >= 0.6 is 0 Å². The molecule has 0 aliphatic heterocycles. The number of hydrogen-bond acceptors (Lipinski definition) is 3. The minimum Gasteiger partial charge on any atom is -0.397 e. The molecule has 0 radical (unpaired) electrons. The lowest BCUT2D eigenvalue weighted by Crippen LogP contribution is -2.31. The van der Waals surface area contributed by atoms with Gasteiger partial charge in [0.15, 0.2) is 0 Å². The third-order valence-electron chi connectivity index (χ3n) is 3.52. The van der Waals surface area contributed by atoms with Crippen molar-refractivity contribution in [1.82, 2.24) is 4.98 Å². The Morgan fingerprint density at radius 2 is 1.88 bits per heavy atom. The Labute approximate surface area is 97.7 Å². The summed E-state index contributed by atoms with van der Waals surface area (Å²) in [6, 6.07) is 2.67. The van der Waals surface area contributed by atoms with Crippen LogP contribution in [-0.2, 0) is 0 Å². The smallest absolute Gasteiger partial charge is 0.0573 e. The summed E-state index contributed by atoms with van der Waals surface area (Å²) < 4.78 is 0. The van der Waals surface area contributed by atoms with Gasteiger partial charge in [-0.15, -0.1) is 0 Å². The van der Waals surface area contributed by atoms with Gasteiger partial charge in [-0.05, 0) is 18.9 Å². The van der Waals surface area contributed by atoms with E-state index in [4.69, 9.17) is 5.73 Å². The lowest BCUT2D eigenvalue weighted by molar-refractivity contribution is 0.552. The van der Waals surface area contributed by atoms with E-state index in [0.717, 1.165) is 11.4 Å². The fraction of sp³-hybridized carbons (Fsp3) is 0.615. The summed E-state index contributed by atoms with van der Waals surface area (Å²) in [5.41, 5.74) is 7.66. The topological polar surface area (TPSA) is 42.2 Å². The minimum absolute atomic E-state index is 0.658. The van der Waals surface area contributed by atoms with E-state index >= 15 is 0 Å². The van der Waals surface area contributed by atoms with E-state index in [2.05, 4.69) is 16.9 Å². The minimum atomic E-state index is 0.658. The van der Waals surface area contributed by atoms with Crippen LogP contribution in [0.15, 0.2) is 18.5 Å². The summed E-state index contributed by atoms with van der Waals surface area (Å²) in [7, 11) is 2.16. The van der Waals surface area contributed by atoms with Crippen molar-refractivity contribution >= 4 is 11.4 Å². The van der Waals surface area contributed by atoms with Crippen molar-refractivity contribution < 1.29 is 0 Å². The van der Waals surface area contributed by atoms with E-state index in [1.54, 1.807) is 6.20 Å². The first kappa shape index (κ1) is 11.2. The maximum absolute atomic E-state index is 5.77. The number of hydrogen-bond donors (Lipinski definition) is 1. The highest BCUT2D eigenvalue weighted by Crippen LogP contribution is 2.25. The Kier molecular flexibility index (Phi) is 3.65.